The Hall–Kier alpha value is -1.79. The average Bonchev–Trinajstić information content (AvgIpc) is 2.37. The van der Waals surface area contributed by atoms with Crippen LogP contribution in [0.25, 0.3) is 0 Å². The van der Waals surface area contributed by atoms with Crippen molar-refractivity contribution in [1.82, 2.24) is 10.6 Å². The molecule has 0 aromatic heterocycles. The van der Waals surface area contributed by atoms with E-state index in [1.807, 2.05) is 0 Å². The number of carbonyl (C=O) groups is 2. The molecule has 19 heavy (non-hydrogen) atoms. The van der Waals surface area contributed by atoms with Crippen LogP contribution in [0.3, 0.4) is 0 Å². The van der Waals surface area contributed by atoms with Crippen LogP contribution in [0.5, 0.6) is 0 Å². The second kappa shape index (κ2) is 7.60. The molecule has 0 fully saturated rings. The lowest BCUT2D eigenvalue weighted by Crippen LogP contribution is -2.48. The van der Waals surface area contributed by atoms with Gasteiger partial charge in [-0.25, -0.2) is 9.59 Å². The second-order valence-electron chi connectivity index (χ2n) is 3.80. The number of hydrogen-bond donors (Lipinski definition) is 3. The van der Waals surface area contributed by atoms with Gasteiger partial charge in [0.25, 0.3) is 0 Å². The van der Waals surface area contributed by atoms with Gasteiger partial charge in [-0.05, 0) is 17.7 Å². The molecule has 0 saturated heterocycles. The number of ether oxygens (including phenoxy) is 1. The van der Waals surface area contributed by atoms with Gasteiger partial charge in [-0.15, -0.1) is 0 Å². The highest BCUT2D eigenvalue weighted by atomic mass is 35.5. The number of rotatable bonds is 6. The molecule has 0 aliphatic rings. The Morgan fingerprint density at radius 2 is 2.00 bits per heavy atom. The molecule has 1 unspecified atom stereocenters. The van der Waals surface area contributed by atoms with Gasteiger partial charge in [0.15, 0.2) is 6.04 Å². The van der Waals surface area contributed by atoms with E-state index in [0.29, 0.717) is 5.02 Å². The van der Waals surface area contributed by atoms with Crippen molar-refractivity contribution in [3.05, 3.63) is 34.9 Å². The van der Waals surface area contributed by atoms with Crippen LogP contribution in [0.15, 0.2) is 24.3 Å². The highest BCUT2D eigenvalue weighted by molar-refractivity contribution is 6.30. The van der Waals surface area contributed by atoms with Crippen molar-refractivity contribution in [2.24, 2.45) is 0 Å². The van der Waals surface area contributed by atoms with Gasteiger partial charge < -0.3 is 20.5 Å². The summed E-state index contributed by atoms with van der Waals surface area (Å²) in [4.78, 5) is 22.3. The Balaban J connectivity index is 2.42. The quantitative estimate of drug-likeness (QED) is 0.734. The maximum atomic E-state index is 11.5. The zero-order chi connectivity index (χ0) is 14.3. The van der Waals surface area contributed by atoms with Crippen LogP contribution in [0.4, 0.5) is 4.79 Å². The lowest BCUT2D eigenvalue weighted by atomic mass is 10.2. The number of aliphatic carboxylic acids is 1. The van der Waals surface area contributed by atoms with Crippen molar-refractivity contribution in [3.63, 3.8) is 0 Å². The summed E-state index contributed by atoms with van der Waals surface area (Å²) < 4.78 is 4.70. The molecule has 1 aromatic carbocycles. The summed E-state index contributed by atoms with van der Waals surface area (Å²) >= 11 is 5.73. The molecule has 104 valence electrons. The van der Waals surface area contributed by atoms with Crippen LogP contribution in [0.1, 0.15) is 5.56 Å². The molecule has 0 heterocycles. The largest absolute Gasteiger partial charge is 0.480 e. The third-order valence-corrected chi connectivity index (χ3v) is 2.56. The summed E-state index contributed by atoms with van der Waals surface area (Å²) in [6.45, 7) is 0.187. The highest BCUT2D eigenvalue weighted by Gasteiger charge is 2.19. The van der Waals surface area contributed by atoms with E-state index >= 15 is 0 Å². The van der Waals surface area contributed by atoms with E-state index < -0.39 is 18.0 Å². The van der Waals surface area contributed by atoms with E-state index in [9.17, 15) is 9.59 Å². The number of carboxylic acid groups (broad SMARTS) is 1. The van der Waals surface area contributed by atoms with Crippen LogP contribution in [-0.2, 0) is 16.1 Å². The summed E-state index contributed by atoms with van der Waals surface area (Å²) in [5, 5.41) is 14.3. The SMILES string of the molecule is COCC(NC(=O)NCc1ccc(Cl)cc1)C(=O)O. The van der Waals surface area contributed by atoms with Crippen molar-refractivity contribution < 1.29 is 19.4 Å². The molecule has 0 aliphatic heterocycles. The first-order valence-corrected chi connectivity index (χ1v) is 5.91. The minimum atomic E-state index is -1.15. The number of nitrogens with one attached hydrogen (secondary N) is 2. The minimum absolute atomic E-state index is 0.0936. The van der Waals surface area contributed by atoms with Gasteiger partial charge in [0.05, 0.1) is 6.61 Å². The molecule has 0 bridgehead atoms. The summed E-state index contributed by atoms with van der Waals surface area (Å²) in [7, 11) is 1.36. The van der Waals surface area contributed by atoms with E-state index in [-0.39, 0.29) is 13.2 Å². The third-order valence-electron chi connectivity index (χ3n) is 2.30. The fraction of sp³-hybridized carbons (Fsp3) is 0.333. The number of benzene rings is 1. The molecule has 1 aromatic rings. The van der Waals surface area contributed by atoms with Crippen molar-refractivity contribution in [1.29, 1.82) is 0 Å². The van der Waals surface area contributed by atoms with Gasteiger partial charge in [-0.3, -0.25) is 0 Å². The first-order valence-electron chi connectivity index (χ1n) is 5.53. The van der Waals surface area contributed by atoms with Gasteiger partial charge in [0.1, 0.15) is 0 Å². The average molecular weight is 287 g/mol. The molecular weight excluding hydrogens is 272 g/mol. The van der Waals surface area contributed by atoms with E-state index in [4.69, 9.17) is 21.4 Å². The number of methoxy groups -OCH3 is 1. The zero-order valence-corrected chi connectivity index (χ0v) is 11.1. The van der Waals surface area contributed by atoms with Crippen LogP contribution in [0, 0.1) is 0 Å². The molecule has 1 atom stereocenters. The fourth-order valence-electron chi connectivity index (χ4n) is 1.34. The Kier molecular flexibility index (Phi) is 6.11. The van der Waals surface area contributed by atoms with Gasteiger partial charge in [-0.1, -0.05) is 23.7 Å². The minimum Gasteiger partial charge on any atom is -0.480 e. The normalized spacial score (nSPS) is 11.7. The Morgan fingerprint density at radius 1 is 1.37 bits per heavy atom. The Bertz CT molecular complexity index is 436. The smallest absolute Gasteiger partial charge is 0.328 e. The van der Waals surface area contributed by atoms with Crippen LogP contribution in [0.2, 0.25) is 5.02 Å². The van der Waals surface area contributed by atoms with Gasteiger partial charge >= 0.3 is 12.0 Å². The number of amides is 2. The number of carbonyl (C=O) groups excluding carboxylic acids is 1. The van der Waals surface area contributed by atoms with Crippen LogP contribution < -0.4 is 10.6 Å². The molecule has 3 N–H and O–H groups in total. The Labute approximate surface area is 115 Å². The molecule has 0 aliphatic carbocycles. The van der Waals surface area contributed by atoms with E-state index in [0.717, 1.165) is 5.56 Å². The number of urea groups is 1. The number of hydrogen-bond acceptors (Lipinski definition) is 3. The maximum Gasteiger partial charge on any atom is 0.328 e. The monoisotopic (exact) mass is 286 g/mol. The molecule has 6 nitrogen and oxygen atoms in total. The van der Waals surface area contributed by atoms with Gasteiger partial charge in [-0.2, -0.15) is 0 Å². The van der Waals surface area contributed by atoms with Crippen LogP contribution >= 0.6 is 11.6 Å². The van der Waals surface area contributed by atoms with Gasteiger partial charge in [0, 0.05) is 18.7 Å². The van der Waals surface area contributed by atoms with Crippen molar-refractivity contribution >= 4 is 23.6 Å². The second-order valence-corrected chi connectivity index (χ2v) is 4.24. The zero-order valence-electron chi connectivity index (χ0n) is 10.4. The first kappa shape index (κ1) is 15.3. The molecule has 7 heteroatoms. The van der Waals surface area contributed by atoms with Crippen LogP contribution in [-0.4, -0.2) is 36.9 Å². The fourth-order valence-corrected chi connectivity index (χ4v) is 1.46. The molecule has 0 radical (unpaired) electrons. The molecule has 2 amide bonds. The summed E-state index contributed by atoms with van der Waals surface area (Å²) in [6, 6.07) is 5.32. The van der Waals surface area contributed by atoms with Crippen molar-refractivity contribution in [2.45, 2.75) is 12.6 Å². The maximum absolute atomic E-state index is 11.5. The summed E-state index contributed by atoms with van der Waals surface area (Å²) in [5.41, 5.74) is 0.859. The van der Waals surface area contributed by atoms with Crippen molar-refractivity contribution in [2.75, 3.05) is 13.7 Å². The lowest BCUT2D eigenvalue weighted by molar-refractivity contribution is -0.140. The molecule has 0 saturated carbocycles. The van der Waals surface area contributed by atoms with E-state index in [1.54, 1.807) is 24.3 Å². The standard InChI is InChI=1S/C12H15ClN2O4/c1-19-7-10(11(16)17)15-12(18)14-6-8-2-4-9(13)5-3-8/h2-5,10H,6-7H2,1H3,(H,16,17)(H2,14,15,18). The third kappa shape index (κ3) is 5.58. The summed E-state index contributed by atoms with van der Waals surface area (Å²) in [5.74, 6) is -1.15. The Morgan fingerprint density at radius 3 is 2.53 bits per heavy atom. The first-order chi connectivity index (χ1) is 9.02. The molecular formula is C12H15ClN2O4. The topological polar surface area (TPSA) is 87.7 Å². The predicted octanol–water partition coefficient (Wildman–Crippen LogP) is 1.24. The van der Waals surface area contributed by atoms with Gasteiger partial charge in [0.2, 0.25) is 0 Å². The number of carboxylic acids is 1. The molecule has 1 rings (SSSR count). The van der Waals surface area contributed by atoms with E-state index in [2.05, 4.69) is 10.6 Å². The summed E-state index contributed by atoms with van der Waals surface area (Å²) in [6.07, 6.45) is 0. The lowest BCUT2D eigenvalue weighted by Gasteiger charge is -2.14. The van der Waals surface area contributed by atoms with Crippen molar-refractivity contribution in [3.8, 4) is 0 Å². The highest BCUT2D eigenvalue weighted by Crippen LogP contribution is 2.08. The number of halogens is 1. The predicted molar refractivity (Wildman–Crippen MR) is 70.1 cm³/mol. The molecule has 0 spiro atoms. The van der Waals surface area contributed by atoms with E-state index in [1.165, 1.54) is 7.11 Å².